The third-order valence-corrected chi connectivity index (χ3v) is 5.19. The predicted octanol–water partition coefficient (Wildman–Crippen LogP) is 2.23. The quantitative estimate of drug-likeness (QED) is 0.606. The summed E-state index contributed by atoms with van der Waals surface area (Å²) < 4.78 is 24.7. The summed E-state index contributed by atoms with van der Waals surface area (Å²) in [7, 11) is -1.95. The van der Waals surface area contributed by atoms with Gasteiger partial charge in [0.1, 0.15) is 0 Å². The number of aliphatic imine (C=N–C) groups is 1. The van der Waals surface area contributed by atoms with Crippen LogP contribution in [0.3, 0.4) is 0 Å². The number of carbonyl (C=O) groups excluding carboxylic acids is 1. The fourth-order valence-electron chi connectivity index (χ4n) is 2.49. The lowest BCUT2D eigenvalue weighted by atomic mass is 10.1. The number of benzene rings is 2. The molecule has 0 aliphatic rings. The smallest absolute Gasteiger partial charge is 0.280 e. The second kappa shape index (κ2) is 7.35. The Morgan fingerprint density at radius 1 is 1.15 bits per heavy atom. The average Bonchev–Trinajstić information content (AvgIpc) is 2.52. The Morgan fingerprint density at radius 3 is 2.31 bits per heavy atom. The van der Waals surface area contributed by atoms with Gasteiger partial charge in [-0.05, 0) is 36.8 Å². The van der Waals surface area contributed by atoms with Gasteiger partial charge < -0.3 is 16.4 Å². The van der Waals surface area contributed by atoms with Gasteiger partial charge in [0.05, 0.1) is 21.3 Å². The van der Waals surface area contributed by atoms with Crippen molar-refractivity contribution in [2.75, 3.05) is 18.2 Å². The molecule has 138 valence electrons. The highest BCUT2D eigenvalue weighted by Crippen LogP contribution is 2.36. The minimum Gasteiger partial charge on any atom is -0.370 e. The first-order chi connectivity index (χ1) is 12.0. The zero-order valence-corrected chi connectivity index (χ0v) is 16.1. The molecule has 7 nitrogen and oxygen atoms in total. The molecule has 0 saturated heterocycles. The van der Waals surface area contributed by atoms with Gasteiger partial charge in [-0.15, -0.1) is 0 Å². The number of sulfone groups is 1. The average molecular weight is 395 g/mol. The van der Waals surface area contributed by atoms with Gasteiger partial charge in [-0.2, -0.15) is 4.99 Å². The van der Waals surface area contributed by atoms with Crippen molar-refractivity contribution in [3.05, 3.63) is 52.5 Å². The Morgan fingerprint density at radius 2 is 1.77 bits per heavy atom. The molecule has 0 fully saturated rings. The molecule has 0 radical (unpaired) electrons. The summed E-state index contributed by atoms with van der Waals surface area (Å²) in [4.78, 5) is 17.3. The SMILES string of the molecule is Cc1cc(N(C)c2ccccc2Cl)c(S(C)(=O)=O)cc1C(=O)N=C(N)N. The molecule has 9 heteroatoms. The number of anilines is 2. The van der Waals surface area contributed by atoms with E-state index in [9.17, 15) is 13.2 Å². The Hall–Kier alpha value is -2.58. The number of hydrogen-bond donors (Lipinski definition) is 2. The molecule has 26 heavy (non-hydrogen) atoms. The van der Waals surface area contributed by atoms with E-state index in [-0.39, 0.29) is 10.5 Å². The number of para-hydroxylation sites is 1. The van der Waals surface area contributed by atoms with Crippen molar-refractivity contribution < 1.29 is 13.2 Å². The number of carbonyl (C=O) groups is 1. The maximum absolute atomic E-state index is 12.3. The van der Waals surface area contributed by atoms with Crippen LogP contribution in [-0.2, 0) is 9.84 Å². The number of guanidine groups is 1. The van der Waals surface area contributed by atoms with Gasteiger partial charge in [-0.25, -0.2) is 8.42 Å². The van der Waals surface area contributed by atoms with Crippen LogP contribution in [-0.4, -0.2) is 33.6 Å². The first-order valence-corrected chi connectivity index (χ1v) is 9.76. The zero-order valence-electron chi connectivity index (χ0n) is 14.5. The number of hydrogen-bond acceptors (Lipinski definition) is 4. The van der Waals surface area contributed by atoms with Crippen molar-refractivity contribution in [1.29, 1.82) is 0 Å². The topological polar surface area (TPSA) is 119 Å². The van der Waals surface area contributed by atoms with Crippen LogP contribution in [0.5, 0.6) is 0 Å². The van der Waals surface area contributed by atoms with Gasteiger partial charge in [0, 0.05) is 18.9 Å². The molecular formula is C17H19ClN4O3S. The van der Waals surface area contributed by atoms with Crippen LogP contribution in [0.2, 0.25) is 5.02 Å². The number of aryl methyl sites for hydroxylation is 1. The van der Waals surface area contributed by atoms with Gasteiger partial charge in [-0.1, -0.05) is 23.7 Å². The van der Waals surface area contributed by atoms with Crippen LogP contribution in [0, 0.1) is 6.92 Å². The maximum Gasteiger partial charge on any atom is 0.280 e. The molecule has 0 unspecified atom stereocenters. The monoisotopic (exact) mass is 394 g/mol. The summed E-state index contributed by atoms with van der Waals surface area (Å²) in [5, 5.41) is 0.466. The molecular weight excluding hydrogens is 376 g/mol. The molecule has 0 aliphatic carbocycles. The molecule has 4 N–H and O–H groups in total. The highest BCUT2D eigenvalue weighted by molar-refractivity contribution is 7.90. The summed E-state index contributed by atoms with van der Waals surface area (Å²) in [6.07, 6.45) is 1.07. The van der Waals surface area contributed by atoms with Crippen LogP contribution in [0.25, 0.3) is 0 Å². The standard InChI is InChI=1S/C17H19ClN4O3S/c1-10-8-14(22(2)13-7-5-4-6-12(13)18)15(26(3,24)25)9-11(10)16(23)21-17(19)20/h4-9H,1-3H3,(H4,19,20,21,23). The fraction of sp³-hybridized carbons (Fsp3) is 0.176. The third-order valence-electron chi connectivity index (χ3n) is 3.74. The lowest BCUT2D eigenvalue weighted by Gasteiger charge is -2.24. The van der Waals surface area contributed by atoms with E-state index in [1.165, 1.54) is 6.07 Å². The number of amides is 1. The van der Waals surface area contributed by atoms with E-state index >= 15 is 0 Å². The normalized spacial score (nSPS) is 11.1. The van der Waals surface area contributed by atoms with E-state index in [0.717, 1.165) is 6.26 Å². The molecule has 0 spiro atoms. The van der Waals surface area contributed by atoms with Crippen molar-refractivity contribution in [3.63, 3.8) is 0 Å². The molecule has 2 aromatic rings. The summed E-state index contributed by atoms with van der Waals surface area (Å²) >= 11 is 6.22. The largest absolute Gasteiger partial charge is 0.370 e. The van der Waals surface area contributed by atoms with Crippen molar-refractivity contribution in [2.45, 2.75) is 11.8 Å². The van der Waals surface area contributed by atoms with Crippen LogP contribution in [0.1, 0.15) is 15.9 Å². The van der Waals surface area contributed by atoms with E-state index in [0.29, 0.717) is 22.0 Å². The summed E-state index contributed by atoms with van der Waals surface area (Å²) in [5.41, 5.74) is 12.1. The van der Waals surface area contributed by atoms with E-state index in [4.69, 9.17) is 23.1 Å². The van der Waals surface area contributed by atoms with E-state index in [1.807, 2.05) is 0 Å². The van der Waals surface area contributed by atoms with Gasteiger partial charge in [0.2, 0.25) is 0 Å². The molecule has 2 aromatic carbocycles. The molecule has 2 rings (SSSR count). The van der Waals surface area contributed by atoms with Gasteiger partial charge in [0.25, 0.3) is 5.91 Å². The summed E-state index contributed by atoms with van der Waals surface area (Å²) in [6, 6.07) is 9.91. The second-order valence-corrected chi connectivity index (χ2v) is 8.15. The predicted molar refractivity (Wildman–Crippen MR) is 104 cm³/mol. The Bertz CT molecular complexity index is 999. The molecule has 0 atom stereocenters. The van der Waals surface area contributed by atoms with Crippen LogP contribution in [0.15, 0.2) is 46.3 Å². The van der Waals surface area contributed by atoms with Crippen LogP contribution >= 0.6 is 11.6 Å². The molecule has 1 amide bonds. The van der Waals surface area contributed by atoms with Gasteiger partial charge >= 0.3 is 0 Å². The fourth-order valence-corrected chi connectivity index (χ4v) is 3.66. The molecule has 0 bridgehead atoms. The van der Waals surface area contributed by atoms with Crippen molar-refractivity contribution in [3.8, 4) is 0 Å². The minimum absolute atomic E-state index is 0.0281. The first kappa shape index (κ1) is 19.7. The van der Waals surface area contributed by atoms with Crippen LogP contribution < -0.4 is 16.4 Å². The third kappa shape index (κ3) is 4.14. The van der Waals surface area contributed by atoms with Gasteiger partial charge in [0.15, 0.2) is 15.8 Å². The van der Waals surface area contributed by atoms with E-state index in [1.54, 1.807) is 49.2 Å². The second-order valence-electron chi connectivity index (χ2n) is 5.76. The molecule has 0 aromatic heterocycles. The lowest BCUT2D eigenvalue weighted by molar-refractivity contribution is 0.100. The lowest BCUT2D eigenvalue weighted by Crippen LogP contribution is -2.24. The zero-order chi connectivity index (χ0) is 19.6. The Labute approximate surface area is 157 Å². The molecule has 0 saturated carbocycles. The number of nitrogens with zero attached hydrogens (tertiary/aromatic N) is 2. The van der Waals surface area contributed by atoms with Gasteiger partial charge in [-0.3, -0.25) is 4.79 Å². The summed E-state index contributed by atoms with van der Waals surface area (Å²) in [6.45, 7) is 1.67. The molecule has 0 heterocycles. The minimum atomic E-state index is -3.65. The van der Waals surface area contributed by atoms with Crippen molar-refractivity contribution >= 4 is 44.7 Å². The Balaban J connectivity index is 2.71. The maximum atomic E-state index is 12.3. The van der Waals surface area contributed by atoms with E-state index < -0.39 is 21.7 Å². The van der Waals surface area contributed by atoms with Crippen molar-refractivity contribution in [2.24, 2.45) is 16.5 Å². The highest BCUT2D eigenvalue weighted by atomic mass is 35.5. The summed E-state index contributed by atoms with van der Waals surface area (Å²) in [5.74, 6) is -1.10. The van der Waals surface area contributed by atoms with E-state index in [2.05, 4.69) is 4.99 Å². The first-order valence-electron chi connectivity index (χ1n) is 7.49. The number of halogens is 1. The number of nitrogens with two attached hydrogens (primary N) is 2. The van der Waals surface area contributed by atoms with Crippen molar-refractivity contribution in [1.82, 2.24) is 0 Å². The van der Waals surface area contributed by atoms with Crippen LogP contribution in [0.4, 0.5) is 11.4 Å². The highest BCUT2D eigenvalue weighted by Gasteiger charge is 2.22. The Kier molecular flexibility index (Phi) is 5.58. The number of rotatable bonds is 4. The molecule has 0 aliphatic heterocycles.